The van der Waals surface area contributed by atoms with E-state index in [2.05, 4.69) is 48.4 Å². The van der Waals surface area contributed by atoms with E-state index in [4.69, 9.17) is 0 Å². The predicted octanol–water partition coefficient (Wildman–Crippen LogP) is 4.57. The van der Waals surface area contributed by atoms with E-state index in [1.54, 1.807) is 12.1 Å². The molecule has 0 aliphatic heterocycles. The fourth-order valence-corrected chi connectivity index (χ4v) is 3.32. The van der Waals surface area contributed by atoms with Crippen LogP contribution in [0.5, 0.6) is 0 Å². The third-order valence-electron chi connectivity index (χ3n) is 4.49. The Hall–Kier alpha value is -2.56. The van der Waals surface area contributed by atoms with E-state index >= 15 is 0 Å². The first-order valence-corrected chi connectivity index (χ1v) is 8.06. The van der Waals surface area contributed by atoms with Crippen molar-refractivity contribution >= 4 is 33.2 Å². The number of nitro benzene ring substituents is 1. The number of nitro groups is 1. The molecule has 0 radical (unpaired) electrons. The number of benzene rings is 2. The van der Waals surface area contributed by atoms with Crippen LogP contribution in [0, 0.1) is 10.1 Å². The summed E-state index contributed by atoms with van der Waals surface area (Å²) in [7, 11) is 0. The summed E-state index contributed by atoms with van der Waals surface area (Å²) in [6, 6.07) is 11.5. The van der Waals surface area contributed by atoms with Crippen molar-refractivity contribution in [2.24, 2.45) is 0 Å². The zero-order valence-electron chi connectivity index (χ0n) is 13.7. The second-order valence-electron chi connectivity index (χ2n) is 5.58. The maximum Gasteiger partial charge on any atom is 0.270 e. The number of hydrogen-bond donors (Lipinski definition) is 0. The van der Waals surface area contributed by atoms with Gasteiger partial charge in [-0.3, -0.25) is 10.1 Å². The summed E-state index contributed by atoms with van der Waals surface area (Å²) in [6.45, 7) is 9.08. The number of hydrogen-bond acceptors (Lipinski definition) is 3. The fraction of sp³-hybridized carbons (Fsp3) is 0.333. The lowest BCUT2D eigenvalue weighted by molar-refractivity contribution is -0.384. The number of anilines is 1. The fourth-order valence-electron chi connectivity index (χ4n) is 3.32. The molecule has 5 heteroatoms. The van der Waals surface area contributed by atoms with Gasteiger partial charge in [-0.15, -0.1) is 0 Å². The minimum absolute atomic E-state index is 0.140. The molecule has 0 saturated heterocycles. The van der Waals surface area contributed by atoms with Gasteiger partial charge < -0.3 is 9.47 Å². The minimum Gasteiger partial charge on any atom is -0.372 e. The zero-order valence-corrected chi connectivity index (χ0v) is 13.7. The summed E-state index contributed by atoms with van der Waals surface area (Å²) in [5, 5.41) is 13.1. The molecule has 0 amide bonds. The topological polar surface area (TPSA) is 51.3 Å². The first-order valence-electron chi connectivity index (χ1n) is 8.06. The third kappa shape index (κ3) is 2.42. The molecule has 0 unspecified atom stereocenters. The number of non-ortho nitro benzene ring substituents is 1. The van der Waals surface area contributed by atoms with Gasteiger partial charge in [0.25, 0.3) is 5.69 Å². The molecule has 0 saturated carbocycles. The van der Waals surface area contributed by atoms with Crippen LogP contribution in [0.2, 0.25) is 0 Å². The molecule has 0 fully saturated rings. The van der Waals surface area contributed by atoms with Gasteiger partial charge in [0, 0.05) is 59.3 Å². The molecule has 0 spiro atoms. The highest BCUT2D eigenvalue weighted by atomic mass is 16.6. The Morgan fingerprint density at radius 2 is 1.61 bits per heavy atom. The van der Waals surface area contributed by atoms with Crippen LogP contribution in [0.25, 0.3) is 21.8 Å². The Kier molecular flexibility index (Phi) is 3.94. The van der Waals surface area contributed by atoms with Crippen LogP contribution in [0.15, 0.2) is 36.4 Å². The maximum atomic E-state index is 11.1. The Morgan fingerprint density at radius 1 is 1.00 bits per heavy atom. The molecule has 120 valence electrons. The van der Waals surface area contributed by atoms with E-state index in [-0.39, 0.29) is 10.6 Å². The molecule has 0 atom stereocenters. The molecule has 2 aromatic carbocycles. The average molecular weight is 311 g/mol. The molecule has 0 N–H and O–H groups in total. The lowest BCUT2D eigenvalue weighted by atomic mass is 10.1. The van der Waals surface area contributed by atoms with Gasteiger partial charge in [0.1, 0.15) is 0 Å². The summed E-state index contributed by atoms with van der Waals surface area (Å²) >= 11 is 0. The molecular weight excluding hydrogens is 290 g/mol. The van der Waals surface area contributed by atoms with E-state index in [1.807, 2.05) is 6.07 Å². The van der Waals surface area contributed by atoms with Gasteiger partial charge in [0.2, 0.25) is 0 Å². The zero-order chi connectivity index (χ0) is 16.6. The van der Waals surface area contributed by atoms with Gasteiger partial charge in [-0.05, 0) is 45.0 Å². The molecule has 23 heavy (non-hydrogen) atoms. The van der Waals surface area contributed by atoms with Crippen LogP contribution in [0.4, 0.5) is 11.4 Å². The van der Waals surface area contributed by atoms with Gasteiger partial charge in [-0.25, -0.2) is 0 Å². The highest BCUT2D eigenvalue weighted by Crippen LogP contribution is 2.34. The SMILES string of the molecule is CCN(CC)c1ccc2c(c1)c1cc([N+](=O)[O-])ccc1n2CC. The first kappa shape index (κ1) is 15.3. The summed E-state index contributed by atoms with van der Waals surface area (Å²) < 4.78 is 2.21. The van der Waals surface area contributed by atoms with E-state index in [9.17, 15) is 10.1 Å². The molecule has 5 nitrogen and oxygen atoms in total. The Morgan fingerprint density at radius 3 is 2.17 bits per heavy atom. The quantitative estimate of drug-likeness (QED) is 0.512. The number of rotatable bonds is 5. The van der Waals surface area contributed by atoms with Crippen molar-refractivity contribution in [1.29, 1.82) is 0 Å². The van der Waals surface area contributed by atoms with Crippen molar-refractivity contribution in [3.05, 3.63) is 46.5 Å². The average Bonchev–Trinajstić information content (AvgIpc) is 2.88. The van der Waals surface area contributed by atoms with Crippen LogP contribution in [0.3, 0.4) is 0 Å². The van der Waals surface area contributed by atoms with Crippen molar-refractivity contribution in [3.8, 4) is 0 Å². The van der Waals surface area contributed by atoms with Gasteiger partial charge >= 0.3 is 0 Å². The number of nitrogens with zero attached hydrogens (tertiary/aromatic N) is 3. The van der Waals surface area contributed by atoms with Crippen molar-refractivity contribution in [3.63, 3.8) is 0 Å². The van der Waals surface area contributed by atoms with Crippen LogP contribution >= 0.6 is 0 Å². The maximum absolute atomic E-state index is 11.1. The van der Waals surface area contributed by atoms with Gasteiger partial charge in [0.05, 0.1) is 4.92 Å². The normalized spacial score (nSPS) is 11.3. The number of aromatic nitrogens is 1. The largest absolute Gasteiger partial charge is 0.372 e. The van der Waals surface area contributed by atoms with E-state index < -0.39 is 0 Å². The second-order valence-corrected chi connectivity index (χ2v) is 5.58. The van der Waals surface area contributed by atoms with Crippen LogP contribution < -0.4 is 4.90 Å². The molecule has 1 aromatic heterocycles. The van der Waals surface area contributed by atoms with Crippen LogP contribution in [-0.4, -0.2) is 22.6 Å². The third-order valence-corrected chi connectivity index (χ3v) is 4.49. The Balaban J connectivity index is 2.33. The smallest absolute Gasteiger partial charge is 0.270 e. The van der Waals surface area contributed by atoms with Crippen molar-refractivity contribution in [2.45, 2.75) is 27.3 Å². The standard InChI is InChI=1S/C18H21N3O2/c1-4-19(5-2)13-7-9-17-15(11-13)16-12-14(21(22)23)8-10-18(16)20(17)6-3/h7-12H,4-6H2,1-3H3. The van der Waals surface area contributed by atoms with Crippen LogP contribution in [0.1, 0.15) is 20.8 Å². The molecular formula is C18H21N3O2. The van der Waals surface area contributed by atoms with Crippen molar-refractivity contribution in [1.82, 2.24) is 4.57 Å². The molecule has 0 bridgehead atoms. The Labute approximate surface area is 135 Å². The highest BCUT2D eigenvalue weighted by Gasteiger charge is 2.15. The monoisotopic (exact) mass is 311 g/mol. The molecule has 0 aliphatic carbocycles. The summed E-state index contributed by atoms with van der Waals surface area (Å²) in [5.74, 6) is 0. The Bertz CT molecular complexity index is 879. The summed E-state index contributed by atoms with van der Waals surface area (Å²) in [5.41, 5.74) is 3.47. The highest BCUT2D eigenvalue weighted by molar-refractivity contribution is 6.09. The van der Waals surface area contributed by atoms with Crippen molar-refractivity contribution < 1.29 is 4.92 Å². The van der Waals surface area contributed by atoms with Gasteiger partial charge in [-0.2, -0.15) is 0 Å². The van der Waals surface area contributed by atoms with Gasteiger partial charge in [-0.1, -0.05) is 0 Å². The van der Waals surface area contributed by atoms with Crippen LogP contribution in [-0.2, 0) is 6.54 Å². The summed E-state index contributed by atoms with van der Waals surface area (Å²) in [6.07, 6.45) is 0. The van der Waals surface area contributed by atoms with Crippen molar-refractivity contribution in [2.75, 3.05) is 18.0 Å². The molecule has 1 heterocycles. The molecule has 3 aromatic rings. The van der Waals surface area contributed by atoms with E-state index in [1.165, 1.54) is 0 Å². The van der Waals surface area contributed by atoms with Gasteiger partial charge in [0.15, 0.2) is 0 Å². The minimum atomic E-state index is -0.331. The summed E-state index contributed by atoms with van der Waals surface area (Å²) in [4.78, 5) is 13.1. The lowest BCUT2D eigenvalue weighted by Gasteiger charge is -2.21. The molecule has 3 rings (SSSR count). The second kappa shape index (κ2) is 5.91. The lowest BCUT2D eigenvalue weighted by Crippen LogP contribution is -2.21. The first-order chi connectivity index (χ1) is 11.1. The van der Waals surface area contributed by atoms with E-state index in [0.29, 0.717) is 0 Å². The predicted molar refractivity (Wildman–Crippen MR) is 95.3 cm³/mol. The van der Waals surface area contributed by atoms with E-state index in [0.717, 1.165) is 47.1 Å². The molecule has 0 aliphatic rings. The number of aryl methyl sites for hydroxylation is 1. The number of fused-ring (bicyclic) bond motifs is 3.